The zero-order chi connectivity index (χ0) is 17.4. The molecule has 0 fully saturated rings. The van der Waals surface area contributed by atoms with E-state index in [2.05, 4.69) is 4.98 Å². The normalized spacial score (nSPS) is 13.3. The number of carbonyl (C=O) groups is 1. The Bertz CT molecular complexity index is 891. The van der Waals surface area contributed by atoms with Crippen LogP contribution >= 0.6 is 11.6 Å². The molecule has 0 saturated carbocycles. The van der Waals surface area contributed by atoms with Crippen molar-refractivity contribution in [3.63, 3.8) is 0 Å². The molecule has 24 heavy (non-hydrogen) atoms. The Morgan fingerprint density at radius 1 is 1.50 bits per heavy atom. The van der Waals surface area contributed by atoms with Crippen LogP contribution in [-0.4, -0.2) is 22.3 Å². The van der Waals surface area contributed by atoms with Crippen LogP contribution in [0.1, 0.15) is 23.7 Å². The van der Waals surface area contributed by atoms with Gasteiger partial charge in [-0.05, 0) is 18.2 Å². The highest BCUT2D eigenvalue weighted by molar-refractivity contribution is 6.30. The molecule has 0 radical (unpaired) electrons. The van der Waals surface area contributed by atoms with E-state index < -0.39 is 5.82 Å². The lowest BCUT2D eigenvalue weighted by Crippen LogP contribution is -2.35. The number of nitriles is 1. The number of rotatable bonds is 1. The summed E-state index contributed by atoms with van der Waals surface area (Å²) < 4.78 is 14.5. The van der Waals surface area contributed by atoms with Crippen LogP contribution in [0.3, 0.4) is 0 Å². The number of halogens is 2. The van der Waals surface area contributed by atoms with Crippen molar-refractivity contribution in [2.45, 2.75) is 19.9 Å². The summed E-state index contributed by atoms with van der Waals surface area (Å²) in [6, 6.07) is 6.26. The Morgan fingerprint density at radius 2 is 2.25 bits per heavy atom. The van der Waals surface area contributed by atoms with Gasteiger partial charge in [-0.1, -0.05) is 11.6 Å². The van der Waals surface area contributed by atoms with Crippen LogP contribution < -0.4 is 5.73 Å². The fourth-order valence-electron chi connectivity index (χ4n) is 2.95. The number of nitrogens with zero attached hydrogens (tertiary/aromatic N) is 3. The van der Waals surface area contributed by atoms with Crippen molar-refractivity contribution in [3.05, 3.63) is 45.9 Å². The Morgan fingerprint density at radius 3 is 2.88 bits per heavy atom. The second-order valence-corrected chi connectivity index (χ2v) is 6.04. The molecule has 1 aliphatic heterocycles. The van der Waals surface area contributed by atoms with Crippen LogP contribution in [0, 0.1) is 17.1 Å². The van der Waals surface area contributed by atoms with Gasteiger partial charge < -0.3 is 10.6 Å². The van der Waals surface area contributed by atoms with E-state index in [1.165, 1.54) is 19.1 Å². The number of fused-ring (bicyclic) bond motifs is 1. The molecule has 5 nitrogen and oxygen atoms in total. The molecule has 3 rings (SSSR count). The van der Waals surface area contributed by atoms with Gasteiger partial charge in [0.15, 0.2) is 0 Å². The van der Waals surface area contributed by atoms with Crippen LogP contribution in [0.5, 0.6) is 0 Å². The number of amides is 1. The first kappa shape index (κ1) is 16.2. The Labute approximate surface area is 143 Å². The maximum atomic E-state index is 14.5. The summed E-state index contributed by atoms with van der Waals surface area (Å²) in [6.45, 7) is 2.26. The van der Waals surface area contributed by atoms with Crippen molar-refractivity contribution in [1.82, 2.24) is 9.88 Å². The molecular formula is C17H14ClFN4O. The summed E-state index contributed by atoms with van der Waals surface area (Å²) >= 11 is 5.82. The van der Waals surface area contributed by atoms with E-state index in [9.17, 15) is 14.4 Å². The monoisotopic (exact) mass is 344 g/mol. The largest absolute Gasteiger partial charge is 0.383 e. The Kier molecular flexibility index (Phi) is 4.12. The average molecular weight is 345 g/mol. The highest BCUT2D eigenvalue weighted by atomic mass is 35.5. The van der Waals surface area contributed by atoms with Crippen LogP contribution in [0.25, 0.3) is 11.1 Å². The van der Waals surface area contributed by atoms with Crippen molar-refractivity contribution in [1.29, 1.82) is 5.26 Å². The third-order valence-corrected chi connectivity index (χ3v) is 4.37. The minimum absolute atomic E-state index is 0.0666. The van der Waals surface area contributed by atoms with Crippen molar-refractivity contribution in [3.8, 4) is 17.2 Å². The first-order valence-electron chi connectivity index (χ1n) is 7.34. The summed E-state index contributed by atoms with van der Waals surface area (Å²) in [7, 11) is 0. The Balaban J connectivity index is 2.29. The molecular weight excluding hydrogens is 331 g/mol. The predicted molar refractivity (Wildman–Crippen MR) is 88.6 cm³/mol. The van der Waals surface area contributed by atoms with Gasteiger partial charge in [-0.3, -0.25) is 4.79 Å². The minimum atomic E-state index is -0.549. The van der Waals surface area contributed by atoms with E-state index in [1.807, 2.05) is 6.07 Å². The van der Waals surface area contributed by atoms with Crippen molar-refractivity contribution < 1.29 is 9.18 Å². The molecule has 122 valence electrons. The summed E-state index contributed by atoms with van der Waals surface area (Å²) in [5.74, 6) is -0.567. The highest BCUT2D eigenvalue weighted by Gasteiger charge is 2.27. The van der Waals surface area contributed by atoms with Gasteiger partial charge in [-0.25, -0.2) is 9.37 Å². The standard InChI is InChI=1S/C17H14ClFN4O/c1-9(24)23-5-4-15-13(8-23)16(12(7-20)17(21)22-15)11-3-2-10(18)6-14(11)19/h2-3,6H,4-5,8H2,1H3,(H2,21,22). The predicted octanol–water partition coefficient (Wildman–Crippen LogP) is 2.90. The fraction of sp³-hybridized carbons (Fsp3) is 0.235. The molecule has 2 heterocycles. The van der Waals surface area contributed by atoms with Crippen LogP contribution in [0.4, 0.5) is 10.2 Å². The summed E-state index contributed by atoms with van der Waals surface area (Å²) in [4.78, 5) is 17.6. The lowest BCUT2D eigenvalue weighted by molar-refractivity contribution is -0.129. The molecule has 2 N–H and O–H groups in total. The molecule has 1 aromatic carbocycles. The minimum Gasteiger partial charge on any atom is -0.383 e. The maximum Gasteiger partial charge on any atom is 0.219 e. The van der Waals surface area contributed by atoms with Gasteiger partial charge >= 0.3 is 0 Å². The molecule has 0 bridgehead atoms. The molecule has 0 atom stereocenters. The smallest absolute Gasteiger partial charge is 0.219 e. The number of nitrogens with two attached hydrogens (primary N) is 1. The number of hydrogen-bond acceptors (Lipinski definition) is 4. The SMILES string of the molecule is CC(=O)N1CCc2nc(N)c(C#N)c(-c3ccc(Cl)cc3F)c2C1. The number of benzene rings is 1. The van der Waals surface area contributed by atoms with Gasteiger partial charge in [0.2, 0.25) is 5.91 Å². The van der Waals surface area contributed by atoms with Gasteiger partial charge in [-0.15, -0.1) is 0 Å². The van der Waals surface area contributed by atoms with Gasteiger partial charge in [0.05, 0.1) is 5.69 Å². The molecule has 2 aromatic rings. The molecule has 0 spiro atoms. The van der Waals surface area contributed by atoms with Crippen molar-refractivity contribution >= 4 is 23.3 Å². The van der Waals surface area contributed by atoms with E-state index in [-0.39, 0.29) is 34.4 Å². The van der Waals surface area contributed by atoms with Gasteiger partial charge in [0.1, 0.15) is 23.3 Å². The van der Waals surface area contributed by atoms with E-state index in [0.717, 1.165) is 0 Å². The third kappa shape index (κ3) is 2.68. The fourth-order valence-corrected chi connectivity index (χ4v) is 3.11. The Hall–Kier alpha value is -2.65. The number of nitrogen functional groups attached to an aromatic ring is 1. The topological polar surface area (TPSA) is 83.0 Å². The van der Waals surface area contributed by atoms with Gasteiger partial charge in [0.25, 0.3) is 0 Å². The second-order valence-electron chi connectivity index (χ2n) is 5.60. The average Bonchev–Trinajstić information content (AvgIpc) is 2.53. The lowest BCUT2D eigenvalue weighted by atomic mass is 9.90. The van der Waals surface area contributed by atoms with E-state index in [1.54, 1.807) is 11.0 Å². The zero-order valence-corrected chi connectivity index (χ0v) is 13.7. The maximum absolute atomic E-state index is 14.5. The molecule has 7 heteroatoms. The number of aromatic nitrogens is 1. The van der Waals surface area contributed by atoms with Crippen molar-refractivity contribution in [2.75, 3.05) is 12.3 Å². The van der Waals surface area contributed by atoms with E-state index in [0.29, 0.717) is 29.8 Å². The quantitative estimate of drug-likeness (QED) is 0.862. The number of carbonyl (C=O) groups excluding carboxylic acids is 1. The highest BCUT2D eigenvalue weighted by Crippen LogP contribution is 2.37. The zero-order valence-electron chi connectivity index (χ0n) is 12.9. The number of hydrogen-bond donors (Lipinski definition) is 1. The van der Waals surface area contributed by atoms with Crippen molar-refractivity contribution in [2.24, 2.45) is 0 Å². The van der Waals surface area contributed by atoms with Gasteiger partial charge in [-0.2, -0.15) is 5.26 Å². The van der Waals surface area contributed by atoms with Crippen LogP contribution in [0.2, 0.25) is 5.02 Å². The van der Waals surface area contributed by atoms with Crippen LogP contribution in [-0.2, 0) is 17.8 Å². The molecule has 0 saturated heterocycles. The van der Waals surface area contributed by atoms with Gasteiger partial charge in [0, 0.05) is 48.1 Å². The summed E-state index contributed by atoms with van der Waals surface area (Å²) in [6.07, 6.45) is 0.507. The van der Waals surface area contributed by atoms with E-state index >= 15 is 0 Å². The molecule has 1 aromatic heterocycles. The number of anilines is 1. The number of pyridine rings is 1. The summed E-state index contributed by atoms with van der Waals surface area (Å²) in [5.41, 5.74) is 7.98. The van der Waals surface area contributed by atoms with E-state index in [4.69, 9.17) is 17.3 Å². The second kappa shape index (κ2) is 6.10. The summed E-state index contributed by atoms with van der Waals surface area (Å²) in [5, 5.41) is 9.74. The molecule has 1 amide bonds. The lowest BCUT2D eigenvalue weighted by Gasteiger charge is -2.29. The first-order chi connectivity index (χ1) is 11.4. The molecule has 1 aliphatic rings. The first-order valence-corrected chi connectivity index (χ1v) is 7.72. The van der Waals surface area contributed by atoms with Crippen LogP contribution in [0.15, 0.2) is 18.2 Å². The molecule has 0 aliphatic carbocycles. The third-order valence-electron chi connectivity index (χ3n) is 4.14. The molecule has 0 unspecified atom stereocenters.